The Morgan fingerprint density at radius 3 is 1.17 bits per heavy atom. The minimum absolute atomic E-state index is 0.0225. The van der Waals surface area contributed by atoms with Gasteiger partial charge in [0.1, 0.15) is 0 Å². The first-order valence-corrected chi connectivity index (χ1v) is 18.8. The summed E-state index contributed by atoms with van der Waals surface area (Å²) in [7, 11) is 0. The number of hydrogen-bond acceptors (Lipinski definition) is 3. The van der Waals surface area contributed by atoms with Gasteiger partial charge in [-0.25, -0.2) is 0 Å². The van der Waals surface area contributed by atoms with E-state index < -0.39 is 0 Å². The molecule has 41 heavy (non-hydrogen) atoms. The van der Waals surface area contributed by atoms with Crippen LogP contribution in [0.25, 0.3) is 0 Å². The van der Waals surface area contributed by atoms with Crippen molar-refractivity contribution in [1.82, 2.24) is 0 Å². The molecular weight excluding hydrogens is 504 g/mol. The molecule has 0 amide bonds. The molecule has 1 N–H and O–H groups in total. The number of aliphatic hydroxyl groups excluding tert-OH is 1. The predicted molar refractivity (Wildman–Crippen MR) is 182 cm³/mol. The molecule has 0 fully saturated rings. The van der Waals surface area contributed by atoms with E-state index in [4.69, 9.17) is 14.6 Å². The molecule has 0 saturated carbocycles. The van der Waals surface area contributed by atoms with E-state index in [1.54, 1.807) is 0 Å². The molecule has 0 heterocycles. The average molecular weight is 581 g/mol. The lowest BCUT2D eigenvalue weighted by Crippen LogP contribution is -2.19. The van der Waals surface area contributed by atoms with Crippen LogP contribution in [0.1, 0.15) is 206 Å². The topological polar surface area (TPSA) is 38.7 Å². The van der Waals surface area contributed by atoms with Crippen molar-refractivity contribution < 1.29 is 14.6 Å². The number of hydrogen-bond donors (Lipinski definition) is 1. The lowest BCUT2D eigenvalue weighted by Gasteiger charge is -2.19. The fourth-order valence-corrected chi connectivity index (χ4v) is 5.59. The summed E-state index contributed by atoms with van der Waals surface area (Å²) in [6, 6.07) is 0. The first-order chi connectivity index (χ1) is 20.3. The highest BCUT2D eigenvalue weighted by atomic mass is 16.7. The molecule has 0 aromatic rings. The van der Waals surface area contributed by atoms with Crippen molar-refractivity contribution in [3.05, 3.63) is 12.2 Å². The summed E-state index contributed by atoms with van der Waals surface area (Å²) in [5, 5.41) is 8.78. The second-order valence-corrected chi connectivity index (χ2v) is 12.6. The van der Waals surface area contributed by atoms with E-state index in [2.05, 4.69) is 26.0 Å². The van der Waals surface area contributed by atoms with Gasteiger partial charge in [-0.15, -0.1) is 0 Å². The largest absolute Gasteiger partial charge is 0.396 e. The van der Waals surface area contributed by atoms with Crippen LogP contribution in [0.3, 0.4) is 0 Å². The first kappa shape index (κ1) is 40.6. The number of allylic oxidation sites excluding steroid dienone is 1. The summed E-state index contributed by atoms with van der Waals surface area (Å²) >= 11 is 0. The van der Waals surface area contributed by atoms with Crippen LogP contribution in [-0.4, -0.2) is 31.2 Å². The van der Waals surface area contributed by atoms with E-state index in [1.165, 1.54) is 180 Å². The van der Waals surface area contributed by atoms with E-state index in [9.17, 15) is 0 Å². The van der Waals surface area contributed by atoms with Crippen molar-refractivity contribution in [3.63, 3.8) is 0 Å². The third kappa shape index (κ3) is 35.7. The van der Waals surface area contributed by atoms with Gasteiger partial charge in [-0.1, -0.05) is 174 Å². The molecule has 0 saturated heterocycles. The Kier molecular flexibility index (Phi) is 37.3. The van der Waals surface area contributed by atoms with Crippen LogP contribution in [0.2, 0.25) is 0 Å². The van der Waals surface area contributed by atoms with E-state index in [0.29, 0.717) is 0 Å². The Balaban J connectivity index is 3.82. The fraction of sp³-hybridized carbons (Fsp3) is 0.947. The standard InChI is InChI=1S/C38H76O3/c1-3-5-7-9-11-24-28-32-36-40-38(41-37-33-29-25-12-10-8-6-4-2)34-30-26-22-20-18-16-14-13-15-17-19-21-23-27-31-35-39/h23,27,38-39H,3-22,24-26,28-37H2,1-2H3/b27-23-. The molecule has 0 aliphatic carbocycles. The maximum Gasteiger partial charge on any atom is 0.157 e. The molecule has 3 heteroatoms. The van der Waals surface area contributed by atoms with Crippen molar-refractivity contribution in [2.45, 2.75) is 213 Å². The summed E-state index contributed by atoms with van der Waals surface area (Å²) in [6.45, 7) is 6.60. The van der Waals surface area contributed by atoms with Crippen LogP contribution in [-0.2, 0) is 9.47 Å². The maximum absolute atomic E-state index is 8.78. The lowest BCUT2D eigenvalue weighted by atomic mass is 10.0. The third-order valence-corrected chi connectivity index (χ3v) is 8.38. The third-order valence-electron chi connectivity index (χ3n) is 8.38. The van der Waals surface area contributed by atoms with Crippen LogP contribution in [0.4, 0.5) is 0 Å². The van der Waals surface area contributed by atoms with Gasteiger partial charge in [-0.3, -0.25) is 0 Å². The molecule has 0 spiro atoms. The normalized spacial score (nSPS) is 11.9. The monoisotopic (exact) mass is 581 g/mol. The highest BCUT2D eigenvalue weighted by Crippen LogP contribution is 2.16. The highest BCUT2D eigenvalue weighted by Gasteiger charge is 2.09. The fourth-order valence-electron chi connectivity index (χ4n) is 5.59. The van der Waals surface area contributed by atoms with Crippen molar-refractivity contribution in [2.24, 2.45) is 0 Å². The van der Waals surface area contributed by atoms with Gasteiger partial charge in [0.2, 0.25) is 0 Å². The summed E-state index contributed by atoms with van der Waals surface area (Å²) in [5.74, 6) is 0. The molecule has 0 rings (SSSR count). The summed E-state index contributed by atoms with van der Waals surface area (Å²) < 4.78 is 12.5. The van der Waals surface area contributed by atoms with E-state index in [0.717, 1.165) is 26.1 Å². The molecule has 246 valence electrons. The van der Waals surface area contributed by atoms with Gasteiger partial charge in [-0.05, 0) is 44.9 Å². The Bertz CT molecular complexity index is 456. The summed E-state index contributed by atoms with van der Waals surface area (Å²) in [4.78, 5) is 0. The Morgan fingerprint density at radius 1 is 0.415 bits per heavy atom. The van der Waals surface area contributed by atoms with Gasteiger partial charge in [0, 0.05) is 19.8 Å². The molecular formula is C38H76O3. The van der Waals surface area contributed by atoms with Gasteiger partial charge in [-0.2, -0.15) is 0 Å². The van der Waals surface area contributed by atoms with Crippen molar-refractivity contribution >= 4 is 0 Å². The van der Waals surface area contributed by atoms with Crippen molar-refractivity contribution in [2.75, 3.05) is 19.8 Å². The molecule has 0 bridgehead atoms. The predicted octanol–water partition coefficient (Wildman–Crippen LogP) is 12.6. The zero-order valence-corrected chi connectivity index (χ0v) is 28.3. The molecule has 0 aliphatic heterocycles. The molecule has 0 radical (unpaired) electrons. The van der Waals surface area contributed by atoms with E-state index in [1.807, 2.05) is 0 Å². The van der Waals surface area contributed by atoms with E-state index in [-0.39, 0.29) is 12.9 Å². The Labute approximate surface area is 259 Å². The number of aliphatic hydroxyl groups is 1. The van der Waals surface area contributed by atoms with Crippen LogP contribution in [0, 0.1) is 0 Å². The number of rotatable bonds is 36. The number of ether oxygens (including phenoxy) is 2. The minimum atomic E-state index is 0.0225. The van der Waals surface area contributed by atoms with Crippen LogP contribution >= 0.6 is 0 Å². The Hall–Kier alpha value is -0.380. The zero-order valence-electron chi connectivity index (χ0n) is 28.3. The van der Waals surface area contributed by atoms with Crippen LogP contribution in [0.5, 0.6) is 0 Å². The Morgan fingerprint density at radius 2 is 0.756 bits per heavy atom. The first-order valence-electron chi connectivity index (χ1n) is 18.8. The summed E-state index contributed by atoms with van der Waals surface area (Å²) in [5.41, 5.74) is 0. The second kappa shape index (κ2) is 37.6. The van der Waals surface area contributed by atoms with Crippen molar-refractivity contribution in [3.8, 4) is 0 Å². The highest BCUT2D eigenvalue weighted by molar-refractivity contribution is 4.80. The quantitative estimate of drug-likeness (QED) is 0.0455. The summed E-state index contributed by atoms with van der Waals surface area (Å²) in [6.07, 6.45) is 44.0. The van der Waals surface area contributed by atoms with Gasteiger partial charge in [0.15, 0.2) is 6.29 Å². The van der Waals surface area contributed by atoms with E-state index >= 15 is 0 Å². The molecule has 0 unspecified atom stereocenters. The number of unbranched alkanes of at least 4 members (excludes halogenated alkanes) is 25. The van der Waals surface area contributed by atoms with Crippen LogP contribution in [0.15, 0.2) is 12.2 Å². The lowest BCUT2D eigenvalue weighted by molar-refractivity contribution is -0.148. The molecule has 0 aromatic heterocycles. The van der Waals surface area contributed by atoms with Gasteiger partial charge in [0.05, 0.1) is 0 Å². The van der Waals surface area contributed by atoms with Crippen LogP contribution < -0.4 is 0 Å². The van der Waals surface area contributed by atoms with Gasteiger partial charge >= 0.3 is 0 Å². The van der Waals surface area contributed by atoms with Gasteiger partial charge < -0.3 is 14.6 Å². The minimum Gasteiger partial charge on any atom is -0.396 e. The smallest absolute Gasteiger partial charge is 0.157 e. The molecule has 3 nitrogen and oxygen atoms in total. The SMILES string of the molecule is CCCCCCCCCCOC(CCCCCCCCCCCCC/C=C\CCO)OCCCCCCCCCC. The molecule has 0 atom stereocenters. The zero-order chi connectivity index (χ0) is 29.7. The molecule has 0 aromatic carbocycles. The second-order valence-electron chi connectivity index (χ2n) is 12.6. The van der Waals surface area contributed by atoms with Crippen molar-refractivity contribution in [1.29, 1.82) is 0 Å². The maximum atomic E-state index is 8.78. The molecule has 0 aliphatic rings. The average Bonchev–Trinajstić information content (AvgIpc) is 2.98. The van der Waals surface area contributed by atoms with Gasteiger partial charge in [0.25, 0.3) is 0 Å².